The first-order valence-corrected chi connectivity index (χ1v) is 8.58. The fourth-order valence-corrected chi connectivity index (χ4v) is 2.95. The van der Waals surface area contributed by atoms with Gasteiger partial charge in [0.1, 0.15) is 0 Å². The van der Waals surface area contributed by atoms with E-state index < -0.39 is 6.09 Å². The van der Waals surface area contributed by atoms with Gasteiger partial charge in [0.15, 0.2) is 0 Å². The molecule has 0 aliphatic rings. The summed E-state index contributed by atoms with van der Waals surface area (Å²) in [5.74, 6) is 0. The van der Waals surface area contributed by atoms with Crippen molar-refractivity contribution in [3.63, 3.8) is 0 Å². The van der Waals surface area contributed by atoms with Crippen LogP contribution in [0.25, 0.3) is 16.9 Å². The Bertz CT molecular complexity index is 944. The second-order valence-electron chi connectivity index (χ2n) is 5.64. The molecule has 3 rings (SSSR count). The van der Waals surface area contributed by atoms with Crippen molar-refractivity contribution in [3.05, 3.63) is 76.8 Å². The third-order valence-electron chi connectivity index (χ3n) is 4.02. The van der Waals surface area contributed by atoms with E-state index in [1.165, 1.54) is 4.68 Å². The second kappa shape index (κ2) is 7.74. The summed E-state index contributed by atoms with van der Waals surface area (Å²) in [7, 11) is 0. The molecule has 6 heteroatoms. The zero-order valence-electron chi connectivity index (χ0n) is 14.8. The lowest BCUT2D eigenvalue weighted by Gasteiger charge is -2.10. The fraction of sp³-hybridized carbons (Fsp3) is 0.200. The van der Waals surface area contributed by atoms with Gasteiger partial charge >= 0.3 is 11.8 Å². The Morgan fingerprint density at radius 3 is 2.19 bits per heavy atom. The molecule has 0 unspecified atom stereocenters. The van der Waals surface area contributed by atoms with Gasteiger partial charge in [0, 0.05) is 5.56 Å². The Hall–Kier alpha value is -3.28. The number of carbonyl (C=O) groups is 1. The maximum absolute atomic E-state index is 13.1. The number of hydrogen-bond donors (Lipinski definition) is 1. The summed E-state index contributed by atoms with van der Waals surface area (Å²) in [6.07, 6.45) is -0.0970. The van der Waals surface area contributed by atoms with Crippen LogP contribution in [-0.2, 0) is 11.2 Å². The highest BCUT2D eigenvalue weighted by Gasteiger charge is 2.22. The van der Waals surface area contributed by atoms with E-state index in [-0.39, 0.29) is 12.3 Å². The third kappa shape index (κ3) is 3.26. The highest BCUT2D eigenvalue weighted by molar-refractivity contribution is 5.76. The van der Waals surface area contributed by atoms with E-state index >= 15 is 0 Å². The lowest BCUT2D eigenvalue weighted by Crippen LogP contribution is -2.35. The molecule has 134 valence electrons. The van der Waals surface area contributed by atoms with Crippen molar-refractivity contribution >= 4 is 6.09 Å². The summed E-state index contributed by atoms with van der Waals surface area (Å²) < 4.78 is 7.82. The SMILES string of the molecule is CCOC(=O)Nn1c(CC)c(-c2ccccc2)n(-c2ccccc2)c1=O. The van der Waals surface area contributed by atoms with Gasteiger partial charge in [-0.05, 0) is 25.5 Å². The lowest BCUT2D eigenvalue weighted by atomic mass is 10.1. The number of ether oxygens (including phenoxy) is 1. The van der Waals surface area contributed by atoms with Crippen LogP contribution in [0.1, 0.15) is 19.5 Å². The van der Waals surface area contributed by atoms with Gasteiger partial charge in [-0.15, -0.1) is 0 Å². The quantitative estimate of drug-likeness (QED) is 0.764. The fourth-order valence-electron chi connectivity index (χ4n) is 2.95. The van der Waals surface area contributed by atoms with Crippen LogP contribution in [0.15, 0.2) is 65.5 Å². The molecule has 1 N–H and O–H groups in total. The van der Waals surface area contributed by atoms with Crippen molar-refractivity contribution in [2.45, 2.75) is 20.3 Å². The summed E-state index contributed by atoms with van der Waals surface area (Å²) >= 11 is 0. The number of carbonyl (C=O) groups excluding carboxylic acids is 1. The van der Waals surface area contributed by atoms with Crippen LogP contribution < -0.4 is 11.1 Å². The second-order valence-corrected chi connectivity index (χ2v) is 5.64. The van der Waals surface area contributed by atoms with E-state index in [0.29, 0.717) is 12.1 Å². The van der Waals surface area contributed by atoms with E-state index in [1.807, 2.05) is 67.6 Å². The normalized spacial score (nSPS) is 10.5. The van der Waals surface area contributed by atoms with Gasteiger partial charge in [0.25, 0.3) is 0 Å². The van der Waals surface area contributed by atoms with Crippen molar-refractivity contribution in [3.8, 4) is 16.9 Å². The van der Waals surface area contributed by atoms with Gasteiger partial charge in [-0.2, -0.15) is 0 Å². The van der Waals surface area contributed by atoms with E-state index in [1.54, 1.807) is 11.5 Å². The monoisotopic (exact) mass is 351 g/mol. The average molecular weight is 351 g/mol. The van der Waals surface area contributed by atoms with Crippen LogP contribution in [-0.4, -0.2) is 21.9 Å². The number of hydrogen-bond acceptors (Lipinski definition) is 3. The number of amides is 1. The molecule has 3 aromatic rings. The molecule has 0 spiro atoms. The van der Waals surface area contributed by atoms with E-state index in [0.717, 1.165) is 16.9 Å². The van der Waals surface area contributed by atoms with Crippen LogP contribution in [0.3, 0.4) is 0 Å². The Morgan fingerprint density at radius 2 is 1.62 bits per heavy atom. The Balaban J connectivity index is 2.27. The van der Waals surface area contributed by atoms with E-state index in [2.05, 4.69) is 5.43 Å². The maximum Gasteiger partial charge on any atom is 0.426 e. The largest absolute Gasteiger partial charge is 0.449 e. The van der Waals surface area contributed by atoms with Crippen molar-refractivity contribution in [1.29, 1.82) is 0 Å². The number of para-hydroxylation sites is 1. The molecule has 1 amide bonds. The van der Waals surface area contributed by atoms with Crippen LogP contribution in [0, 0.1) is 0 Å². The number of aromatic nitrogens is 2. The predicted molar refractivity (Wildman–Crippen MR) is 101 cm³/mol. The smallest absolute Gasteiger partial charge is 0.426 e. The number of nitrogens with zero attached hydrogens (tertiary/aromatic N) is 2. The molecule has 0 fully saturated rings. The molecule has 2 aromatic carbocycles. The number of nitrogens with one attached hydrogen (secondary N) is 1. The molecule has 1 heterocycles. The predicted octanol–water partition coefficient (Wildman–Crippen LogP) is 3.57. The summed E-state index contributed by atoms with van der Waals surface area (Å²) in [5.41, 5.74) is 5.29. The van der Waals surface area contributed by atoms with Crippen molar-refractivity contribution in [2.75, 3.05) is 12.0 Å². The Kier molecular flexibility index (Phi) is 5.22. The van der Waals surface area contributed by atoms with Crippen molar-refractivity contribution in [1.82, 2.24) is 9.24 Å². The summed E-state index contributed by atoms with van der Waals surface area (Å²) in [6, 6.07) is 19.0. The van der Waals surface area contributed by atoms with Gasteiger partial charge in [0.05, 0.1) is 23.7 Å². The van der Waals surface area contributed by atoms with E-state index in [4.69, 9.17) is 4.74 Å². The molecule has 0 saturated carbocycles. The first kappa shape index (κ1) is 17.5. The topological polar surface area (TPSA) is 65.3 Å². The summed E-state index contributed by atoms with van der Waals surface area (Å²) in [6.45, 7) is 3.89. The third-order valence-corrected chi connectivity index (χ3v) is 4.02. The molecule has 0 aliphatic heterocycles. The molecule has 1 aromatic heterocycles. The molecular formula is C20H21N3O3. The van der Waals surface area contributed by atoms with Gasteiger partial charge in [0.2, 0.25) is 0 Å². The highest BCUT2D eigenvalue weighted by Crippen LogP contribution is 2.26. The Labute approximate surface area is 151 Å². The van der Waals surface area contributed by atoms with Crippen molar-refractivity contribution in [2.24, 2.45) is 0 Å². The average Bonchev–Trinajstić information content (AvgIpc) is 2.95. The lowest BCUT2D eigenvalue weighted by molar-refractivity contribution is 0.164. The maximum atomic E-state index is 13.1. The molecule has 6 nitrogen and oxygen atoms in total. The molecule has 26 heavy (non-hydrogen) atoms. The summed E-state index contributed by atoms with van der Waals surface area (Å²) in [5, 5.41) is 0. The van der Waals surface area contributed by atoms with Gasteiger partial charge < -0.3 is 4.74 Å². The van der Waals surface area contributed by atoms with Gasteiger partial charge in [-0.25, -0.2) is 19.7 Å². The van der Waals surface area contributed by atoms with Crippen LogP contribution in [0.4, 0.5) is 4.79 Å². The molecule has 0 aliphatic carbocycles. The molecular weight excluding hydrogens is 330 g/mol. The zero-order valence-corrected chi connectivity index (χ0v) is 14.8. The highest BCUT2D eigenvalue weighted by atomic mass is 16.6. The molecule has 0 saturated heterocycles. The molecule has 0 bridgehead atoms. The van der Waals surface area contributed by atoms with Gasteiger partial charge in [-0.3, -0.25) is 4.57 Å². The molecule has 0 atom stereocenters. The first-order valence-electron chi connectivity index (χ1n) is 8.58. The standard InChI is InChI=1S/C20H21N3O3/c1-3-17-18(15-11-7-5-8-12-15)22(16-13-9-6-10-14-16)20(25)23(17)21-19(24)26-4-2/h5-14H,3-4H2,1-2H3,(H,21,24). The van der Waals surface area contributed by atoms with Crippen LogP contribution in [0.5, 0.6) is 0 Å². The van der Waals surface area contributed by atoms with Crippen LogP contribution in [0.2, 0.25) is 0 Å². The van der Waals surface area contributed by atoms with Crippen molar-refractivity contribution < 1.29 is 9.53 Å². The minimum absolute atomic E-state index is 0.229. The first-order chi connectivity index (χ1) is 12.7. The number of rotatable bonds is 5. The number of benzene rings is 2. The minimum atomic E-state index is -0.658. The Morgan fingerprint density at radius 1 is 1.00 bits per heavy atom. The zero-order chi connectivity index (χ0) is 18.5. The van der Waals surface area contributed by atoms with Crippen LogP contribution >= 0.6 is 0 Å². The number of imidazole rings is 1. The van der Waals surface area contributed by atoms with E-state index in [9.17, 15) is 9.59 Å². The minimum Gasteiger partial charge on any atom is -0.449 e. The van der Waals surface area contributed by atoms with Gasteiger partial charge in [-0.1, -0.05) is 55.5 Å². The summed E-state index contributed by atoms with van der Waals surface area (Å²) in [4.78, 5) is 25.1. The molecule has 0 radical (unpaired) electrons.